The number of benzene rings is 8. The average Bonchev–Trinajstić information content (AvgIpc) is 4.00. The van der Waals surface area contributed by atoms with Crippen LogP contribution in [0.2, 0.25) is 0 Å². The van der Waals surface area contributed by atoms with Gasteiger partial charge in [-0.15, -0.1) is 0 Å². The third-order valence-corrected chi connectivity index (χ3v) is 11.7. The molecule has 11 rings (SSSR count). The van der Waals surface area contributed by atoms with E-state index in [-0.39, 0.29) is 5.92 Å². The lowest BCUT2D eigenvalue weighted by atomic mass is 9.83. The average molecular weight is 730 g/mol. The quantitative estimate of drug-likeness (QED) is 0.142. The van der Waals surface area contributed by atoms with E-state index in [0.717, 1.165) is 29.2 Å². The summed E-state index contributed by atoms with van der Waals surface area (Å²) < 4.78 is 4.53. The van der Waals surface area contributed by atoms with Crippen molar-refractivity contribution in [3.63, 3.8) is 0 Å². The highest BCUT2D eigenvalue weighted by molar-refractivity contribution is 5.90. The van der Waals surface area contributed by atoms with E-state index < -0.39 is 0 Å². The molecule has 0 amide bonds. The highest BCUT2D eigenvalue weighted by Gasteiger charge is 2.25. The van der Waals surface area contributed by atoms with Crippen molar-refractivity contribution < 1.29 is 0 Å². The molecule has 0 spiro atoms. The smallest absolute Gasteiger partial charge is 0.0529 e. The Hall–Kier alpha value is -7.36. The van der Waals surface area contributed by atoms with E-state index in [9.17, 15) is 0 Å². The minimum absolute atomic E-state index is 0.101. The van der Waals surface area contributed by atoms with Crippen LogP contribution < -0.4 is 4.90 Å². The zero-order valence-electron chi connectivity index (χ0n) is 31.4. The van der Waals surface area contributed by atoms with Gasteiger partial charge in [0, 0.05) is 57.5 Å². The maximum atomic E-state index is 2.46. The Morgan fingerprint density at radius 2 is 0.912 bits per heavy atom. The molecule has 3 nitrogen and oxygen atoms in total. The van der Waals surface area contributed by atoms with E-state index in [0.29, 0.717) is 0 Å². The van der Waals surface area contributed by atoms with E-state index in [1.54, 1.807) is 0 Å². The van der Waals surface area contributed by atoms with Gasteiger partial charge in [0.15, 0.2) is 0 Å². The van der Waals surface area contributed by atoms with E-state index in [2.05, 4.69) is 233 Å². The largest absolute Gasteiger partial charge is 0.317 e. The van der Waals surface area contributed by atoms with Gasteiger partial charge in [-0.05, 0) is 142 Å². The van der Waals surface area contributed by atoms with Gasteiger partial charge in [0.05, 0.1) is 11.0 Å². The van der Waals surface area contributed by atoms with E-state index in [4.69, 9.17) is 0 Å². The number of aromatic nitrogens is 2. The van der Waals surface area contributed by atoms with Gasteiger partial charge in [0.1, 0.15) is 0 Å². The van der Waals surface area contributed by atoms with Crippen molar-refractivity contribution in [3.8, 4) is 22.5 Å². The SMILES string of the molecule is c1ccc(C(c2ccc3c(c2)-c2ccc(N(c4ccccc4)c4ccc5c(ccn5-c5ccccc5)c4)cc2C3)c2ccc3c(ccn3-c3ccccc3)c2)cc1. The molecule has 0 fully saturated rings. The predicted octanol–water partition coefficient (Wildman–Crippen LogP) is 13.8. The first-order valence-corrected chi connectivity index (χ1v) is 19.7. The molecule has 1 atom stereocenters. The Morgan fingerprint density at radius 3 is 1.60 bits per heavy atom. The second kappa shape index (κ2) is 13.7. The Kier molecular flexibility index (Phi) is 7.96. The second-order valence-corrected chi connectivity index (χ2v) is 15.1. The molecule has 2 aromatic heterocycles. The van der Waals surface area contributed by atoms with Crippen LogP contribution in [0.15, 0.2) is 219 Å². The fourth-order valence-electron chi connectivity index (χ4n) is 9.00. The van der Waals surface area contributed by atoms with Crippen molar-refractivity contribution in [1.29, 1.82) is 0 Å². The summed E-state index contributed by atoms with van der Waals surface area (Å²) in [5.74, 6) is 0.101. The maximum Gasteiger partial charge on any atom is 0.0529 e. The zero-order chi connectivity index (χ0) is 37.7. The molecule has 3 heteroatoms. The first kappa shape index (κ1) is 33.0. The Balaban J connectivity index is 0.968. The fourth-order valence-corrected chi connectivity index (χ4v) is 9.00. The van der Waals surface area contributed by atoms with Crippen molar-refractivity contribution in [2.75, 3.05) is 4.90 Å². The summed E-state index contributed by atoms with van der Waals surface area (Å²) in [6.07, 6.45) is 5.26. The van der Waals surface area contributed by atoms with Gasteiger partial charge in [0.2, 0.25) is 0 Å². The van der Waals surface area contributed by atoms with Crippen molar-refractivity contribution in [2.24, 2.45) is 0 Å². The van der Waals surface area contributed by atoms with Crippen molar-refractivity contribution in [1.82, 2.24) is 9.13 Å². The number of para-hydroxylation sites is 3. The van der Waals surface area contributed by atoms with Crippen LogP contribution in [0.25, 0.3) is 44.3 Å². The monoisotopic (exact) mass is 729 g/mol. The van der Waals surface area contributed by atoms with Gasteiger partial charge < -0.3 is 14.0 Å². The molecule has 10 aromatic rings. The van der Waals surface area contributed by atoms with Crippen LogP contribution in [0.3, 0.4) is 0 Å². The molecule has 1 aliphatic carbocycles. The second-order valence-electron chi connectivity index (χ2n) is 15.1. The number of rotatable bonds is 8. The highest BCUT2D eigenvalue weighted by atomic mass is 15.1. The first-order valence-electron chi connectivity index (χ1n) is 19.7. The molecular formula is C54H39N3. The summed E-state index contributed by atoms with van der Waals surface area (Å²) in [6.45, 7) is 0. The Labute approximate surface area is 333 Å². The lowest BCUT2D eigenvalue weighted by Gasteiger charge is -2.26. The minimum Gasteiger partial charge on any atom is -0.317 e. The van der Waals surface area contributed by atoms with Crippen LogP contribution in [-0.2, 0) is 6.42 Å². The number of hydrogen-bond acceptors (Lipinski definition) is 1. The Morgan fingerprint density at radius 1 is 0.368 bits per heavy atom. The van der Waals surface area contributed by atoms with Gasteiger partial charge in [0.25, 0.3) is 0 Å². The van der Waals surface area contributed by atoms with E-state index >= 15 is 0 Å². The summed E-state index contributed by atoms with van der Waals surface area (Å²) >= 11 is 0. The molecule has 0 bridgehead atoms. The lowest BCUT2D eigenvalue weighted by molar-refractivity contribution is 0.979. The van der Waals surface area contributed by atoms with E-state index in [1.807, 2.05) is 0 Å². The van der Waals surface area contributed by atoms with Crippen molar-refractivity contribution in [2.45, 2.75) is 12.3 Å². The molecular weight excluding hydrogens is 691 g/mol. The first-order chi connectivity index (χ1) is 28.2. The highest BCUT2D eigenvalue weighted by Crippen LogP contribution is 2.45. The molecule has 0 N–H and O–H groups in total. The Bertz CT molecular complexity index is 3030. The summed E-state index contributed by atoms with van der Waals surface area (Å²) in [4.78, 5) is 2.39. The molecule has 1 aliphatic rings. The van der Waals surface area contributed by atoms with Crippen LogP contribution in [-0.4, -0.2) is 9.13 Å². The molecule has 1 unspecified atom stereocenters. The van der Waals surface area contributed by atoms with Crippen LogP contribution in [0.1, 0.15) is 33.7 Å². The van der Waals surface area contributed by atoms with Crippen molar-refractivity contribution in [3.05, 3.63) is 246 Å². The van der Waals surface area contributed by atoms with Crippen LogP contribution in [0.5, 0.6) is 0 Å². The molecule has 0 radical (unpaired) electrons. The molecule has 8 aromatic carbocycles. The number of fused-ring (bicyclic) bond motifs is 5. The van der Waals surface area contributed by atoms with Crippen molar-refractivity contribution >= 4 is 38.9 Å². The molecule has 270 valence electrons. The lowest BCUT2D eigenvalue weighted by Crippen LogP contribution is -2.10. The molecule has 2 heterocycles. The van der Waals surface area contributed by atoms with Crippen LogP contribution in [0.4, 0.5) is 17.1 Å². The number of anilines is 3. The van der Waals surface area contributed by atoms with Gasteiger partial charge >= 0.3 is 0 Å². The molecule has 0 saturated carbocycles. The normalized spacial score (nSPS) is 12.4. The maximum absolute atomic E-state index is 2.46. The van der Waals surface area contributed by atoms with Gasteiger partial charge in [-0.1, -0.05) is 109 Å². The summed E-state index contributed by atoms with van der Waals surface area (Å²) in [7, 11) is 0. The van der Waals surface area contributed by atoms with Gasteiger partial charge in [-0.2, -0.15) is 0 Å². The topological polar surface area (TPSA) is 13.1 Å². The summed E-state index contributed by atoms with van der Waals surface area (Å²) in [5.41, 5.74) is 17.5. The summed E-state index contributed by atoms with van der Waals surface area (Å²) in [6, 6.07) is 75.3. The van der Waals surface area contributed by atoms with Crippen LogP contribution in [0, 0.1) is 0 Å². The van der Waals surface area contributed by atoms with Gasteiger partial charge in [-0.25, -0.2) is 0 Å². The van der Waals surface area contributed by atoms with Crippen LogP contribution >= 0.6 is 0 Å². The molecule has 57 heavy (non-hydrogen) atoms. The number of hydrogen-bond donors (Lipinski definition) is 0. The molecule has 0 saturated heterocycles. The predicted molar refractivity (Wildman–Crippen MR) is 237 cm³/mol. The fraction of sp³-hybridized carbons (Fsp3) is 0.0370. The number of nitrogens with zero attached hydrogens (tertiary/aromatic N) is 3. The third-order valence-electron chi connectivity index (χ3n) is 11.7. The molecule has 0 aliphatic heterocycles. The van der Waals surface area contributed by atoms with Gasteiger partial charge in [-0.3, -0.25) is 0 Å². The zero-order valence-corrected chi connectivity index (χ0v) is 31.4. The third kappa shape index (κ3) is 5.84. The standard InChI is InChI=1S/C54H39N3/c1-5-13-38(14-6-1)54(42-23-27-52-40(34-42)29-31-55(52)45-15-7-2-8-16-45)43-22-21-39-33-44-36-48(24-26-50(44)51(39)37-43)57(47-19-11-4-12-20-47)49-25-28-53-41(35-49)30-32-56(53)46-17-9-3-10-18-46/h1-32,34-37,54H,33H2. The van der Waals surface area contributed by atoms with E-state index in [1.165, 1.54) is 66.4 Å². The minimum atomic E-state index is 0.101. The summed E-state index contributed by atoms with van der Waals surface area (Å²) in [5, 5.41) is 2.45.